The molecule has 0 heterocycles. The molecule has 2 aliphatic carbocycles. The molecular weight excluding hydrogens is 252 g/mol. The molecule has 0 bridgehead atoms. The zero-order valence-electron chi connectivity index (χ0n) is 12.6. The van der Waals surface area contributed by atoms with Crippen molar-refractivity contribution in [1.29, 1.82) is 0 Å². The van der Waals surface area contributed by atoms with E-state index >= 15 is 0 Å². The van der Waals surface area contributed by atoms with Crippen LogP contribution in [0.1, 0.15) is 64.2 Å². The number of hydrogen-bond donors (Lipinski definition) is 2. The zero-order chi connectivity index (χ0) is 14.2. The first-order valence-corrected chi connectivity index (χ1v) is 8.38. The molecule has 0 aromatic carbocycles. The highest BCUT2D eigenvalue weighted by Gasteiger charge is 2.19. The van der Waals surface area contributed by atoms with Crippen molar-refractivity contribution >= 4 is 5.91 Å². The largest absolute Gasteiger partial charge is 0.376 e. The molecule has 2 rings (SSSR count). The third-order valence-corrected chi connectivity index (χ3v) is 4.75. The van der Waals surface area contributed by atoms with Crippen LogP contribution in [0.4, 0.5) is 0 Å². The van der Waals surface area contributed by atoms with E-state index in [1.165, 1.54) is 25.7 Å². The molecule has 4 nitrogen and oxygen atoms in total. The lowest BCUT2D eigenvalue weighted by Gasteiger charge is -2.26. The molecule has 0 atom stereocenters. The summed E-state index contributed by atoms with van der Waals surface area (Å²) in [6, 6.07) is 0.366. The topological polar surface area (TPSA) is 64.3 Å². The molecule has 2 saturated carbocycles. The third kappa shape index (κ3) is 5.80. The molecule has 0 aliphatic heterocycles. The van der Waals surface area contributed by atoms with Gasteiger partial charge in [0.05, 0.1) is 12.7 Å². The number of carbonyl (C=O) groups excluding carboxylic acids is 1. The zero-order valence-corrected chi connectivity index (χ0v) is 12.6. The fourth-order valence-corrected chi connectivity index (χ4v) is 3.39. The highest BCUT2D eigenvalue weighted by atomic mass is 16.5. The summed E-state index contributed by atoms with van der Waals surface area (Å²) in [5, 5.41) is 2.97. The van der Waals surface area contributed by atoms with E-state index in [9.17, 15) is 4.79 Å². The Kier molecular flexibility index (Phi) is 6.80. The van der Waals surface area contributed by atoms with E-state index in [0.717, 1.165) is 38.0 Å². The third-order valence-electron chi connectivity index (χ3n) is 4.75. The Morgan fingerprint density at radius 1 is 1.10 bits per heavy atom. The SMILES string of the molecule is NC1CCC(OCCNC(=O)CCC2CCCC2)CC1. The van der Waals surface area contributed by atoms with Gasteiger partial charge in [0.2, 0.25) is 5.91 Å². The van der Waals surface area contributed by atoms with Crippen LogP contribution in [0.3, 0.4) is 0 Å². The maximum atomic E-state index is 11.7. The first-order chi connectivity index (χ1) is 9.74. The van der Waals surface area contributed by atoms with Gasteiger partial charge in [0, 0.05) is 19.0 Å². The minimum Gasteiger partial charge on any atom is -0.376 e. The number of carbonyl (C=O) groups is 1. The van der Waals surface area contributed by atoms with Crippen molar-refractivity contribution in [3.63, 3.8) is 0 Å². The molecule has 0 unspecified atom stereocenters. The Labute approximate surface area is 122 Å². The smallest absolute Gasteiger partial charge is 0.220 e. The van der Waals surface area contributed by atoms with Gasteiger partial charge in [0.25, 0.3) is 0 Å². The summed E-state index contributed by atoms with van der Waals surface area (Å²) in [4.78, 5) is 11.7. The van der Waals surface area contributed by atoms with Crippen LogP contribution in [0.5, 0.6) is 0 Å². The molecule has 2 fully saturated rings. The fraction of sp³-hybridized carbons (Fsp3) is 0.938. The number of hydrogen-bond acceptors (Lipinski definition) is 3. The second-order valence-corrected chi connectivity index (χ2v) is 6.45. The standard InChI is InChI=1S/C16H30N2O2/c17-14-6-8-15(9-7-14)20-12-11-18-16(19)10-5-13-3-1-2-4-13/h13-15H,1-12,17H2,(H,18,19). The minimum absolute atomic E-state index is 0.186. The molecular formula is C16H30N2O2. The van der Waals surface area contributed by atoms with Gasteiger partial charge in [-0.1, -0.05) is 25.7 Å². The van der Waals surface area contributed by atoms with E-state index in [0.29, 0.717) is 31.7 Å². The number of nitrogens with two attached hydrogens (primary N) is 1. The lowest BCUT2D eigenvalue weighted by molar-refractivity contribution is -0.121. The van der Waals surface area contributed by atoms with Crippen molar-refractivity contribution in [2.75, 3.05) is 13.2 Å². The number of nitrogens with one attached hydrogen (secondary N) is 1. The average molecular weight is 282 g/mol. The van der Waals surface area contributed by atoms with Crippen molar-refractivity contribution in [2.24, 2.45) is 11.7 Å². The molecule has 0 aromatic rings. The number of rotatable bonds is 7. The number of ether oxygens (including phenoxy) is 1. The molecule has 2 aliphatic rings. The van der Waals surface area contributed by atoms with Gasteiger partial charge < -0.3 is 15.8 Å². The Bertz CT molecular complexity index is 282. The lowest BCUT2D eigenvalue weighted by atomic mass is 9.94. The maximum Gasteiger partial charge on any atom is 0.220 e. The molecule has 4 heteroatoms. The normalized spacial score (nSPS) is 27.6. The van der Waals surface area contributed by atoms with Crippen LogP contribution in [0.25, 0.3) is 0 Å². The van der Waals surface area contributed by atoms with Crippen molar-refractivity contribution < 1.29 is 9.53 Å². The summed E-state index contributed by atoms with van der Waals surface area (Å²) in [5.74, 6) is 0.981. The van der Waals surface area contributed by atoms with Gasteiger partial charge >= 0.3 is 0 Å². The van der Waals surface area contributed by atoms with Gasteiger partial charge in [0.15, 0.2) is 0 Å². The van der Waals surface area contributed by atoms with Crippen LogP contribution in [0.15, 0.2) is 0 Å². The van der Waals surface area contributed by atoms with Crippen LogP contribution >= 0.6 is 0 Å². The predicted molar refractivity (Wildman–Crippen MR) is 80.4 cm³/mol. The Balaban J connectivity index is 1.44. The molecule has 116 valence electrons. The number of amides is 1. The molecule has 0 aromatic heterocycles. The van der Waals surface area contributed by atoms with Crippen LogP contribution in [-0.4, -0.2) is 31.2 Å². The summed E-state index contributed by atoms with van der Waals surface area (Å²) in [5.41, 5.74) is 5.86. The highest BCUT2D eigenvalue weighted by molar-refractivity contribution is 5.75. The van der Waals surface area contributed by atoms with E-state index in [1.54, 1.807) is 0 Å². The molecule has 0 saturated heterocycles. The Morgan fingerprint density at radius 2 is 1.80 bits per heavy atom. The highest BCUT2D eigenvalue weighted by Crippen LogP contribution is 2.28. The van der Waals surface area contributed by atoms with E-state index in [4.69, 9.17) is 10.5 Å². The van der Waals surface area contributed by atoms with Crippen molar-refractivity contribution in [3.8, 4) is 0 Å². The van der Waals surface area contributed by atoms with E-state index < -0.39 is 0 Å². The van der Waals surface area contributed by atoms with Gasteiger partial charge in [-0.25, -0.2) is 0 Å². The lowest BCUT2D eigenvalue weighted by Crippen LogP contribution is -2.33. The Hall–Kier alpha value is -0.610. The van der Waals surface area contributed by atoms with Crippen LogP contribution in [0, 0.1) is 5.92 Å². The monoisotopic (exact) mass is 282 g/mol. The second kappa shape index (κ2) is 8.63. The quantitative estimate of drug-likeness (QED) is 0.705. The average Bonchev–Trinajstić information content (AvgIpc) is 2.96. The first kappa shape index (κ1) is 15.8. The summed E-state index contributed by atoms with van der Waals surface area (Å²) >= 11 is 0. The molecule has 20 heavy (non-hydrogen) atoms. The second-order valence-electron chi connectivity index (χ2n) is 6.45. The van der Waals surface area contributed by atoms with Gasteiger partial charge in [-0.3, -0.25) is 4.79 Å². The van der Waals surface area contributed by atoms with Crippen LogP contribution < -0.4 is 11.1 Å². The van der Waals surface area contributed by atoms with Gasteiger partial charge in [-0.05, 0) is 38.0 Å². The van der Waals surface area contributed by atoms with Crippen molar-refractivity contribution in [3.05, 3.63) is 0 Å². The van der Waals surface area contributed by atoms with E-state index in [1.807, 2.05) is 0 Å². The maximum absolute atomic E-state index is 11.7. The van der Waals surface area contributed by atoms with Gasteiger partial charge in [-0.2, -0.15) is 0 Å². The van der Waals surface area contributed by atoms with Gasteiger partial charge in [-0.15, -0.1) is 0 Å². The van der Waals surface area contributed by atoms with E-state index in [2.05, 4.69) is 5.32 Å². The van der Waals surface area contributed by atoms with Crippen molar-refractivity contribution in [1.82, 2.24) is 5.32 Å². The fourth-order valence-electron chi connectivity index (χ4n) is 3.39. The van der Waals surface area contributed by atoms with Crippen molar-refractivity contribution in [2.45, 2.75) is 76.4 Å². The summed E-state index contributed by atoms with van der Waals surface area (Å²) in [6.07, 6.45) is 11.7. The summed E-state index contributed by atoms with van der Waals surface area (Å²) < 4.78 is 5.79. The van der Waals surface area contributed by atoms with Gasteiger partial charge in [0.1, 0.15) is 0 Å². The molecule has 0 radical (unpaired) electrons. The van der Waals surface area contributed by atoms with Crippen LogP contribution in [0.2, 0.25) is 0 Å². The van der Waals surface area contributed by atoms with Crippen LogP contribution in [-0.2, 0) is 9.53 Å². The minimum atomic E-state index is 0.186. The summed E-state index contributed by atoms with van der Waals surface area (Å²) in [7, 11) is 0. The molecule has 0 spiro atoms. The first-order valence-electron chi connectivity index (χ1n) is 8.38. The summed E-state index contributed by atoms with van der Waals surface area (Å²) in [6.45, 7) is 1.28. The van der Waals surface area contributed by atoms with E-state index in [-0.39, 0.29) is 5.91 Å². The molecule has 3 N–H and O–H groups in total. The predicted octanol–water partition coefficient (Wildman–Crippen LogP) is 2.36. The Morgan fingerprint density at radius 3 is 2.50 bits per heavy atom. The molecule has 1 amide bonds.